The monoisotopic (exact) mass is 376 g/mol. The second-order valence-corrected chi connectivity index (χ2v) is 8.54. The fraction of sp³-hybridized carbons (Fsp3) is 0.750. The van der Waals surface area contributed by atoms with Gasteiger partial charge in [-0.05, 0) is 32.6 Å². The van der Waals surface area contributed by atoms with E-state index in [1.54, 1.807) is 0 Å². The summed E-state index contributed by atoms with van der Waals surface area (Å²) in [5, 5.41) is 9.23. The van der Waals surface area contributed by atoms with Gasteiger partial charge >= 0.3 is 0 Å². The van der Waals surface area contributed by atoms with Crippen LogP contribution in [0.25, 0.3) is 0 Å². The number of hydrogen-bond acceptors (Lipinski definition) is 4. The Morgan fingerprint density at radius 2 is 1.69 bits per heavy atom. The van der Waals surface area contributed by atoms with Crippen LogP contribution in [0.3, 0.4) is 0 Å². The van der Waals surface area contributed by atoms with Gasteiger partial charge in [-0.3, -0.25) is 4.79 Å². The smallest absolute Gasteiger partial charge is 0.233 e. The largest absolute Gasteiger partial charge is 0.336 e. The van der Waals surface area contributed by atoms with Crippen molar-refractivity contribution in [3.63, 3.8) is 0 Å². The molecule has 0 aromatic carbocycles. The maximum atomic E-state index is 13.2. The second kappa shape index (κ2) is 9.58. The van der Waals surface area contributed by atoms with E-state index in [1.165, 1.54) is 76.0 Å². The van der Waals surface area contributed by atoms with Gasteiger partial charge in [0.2, 0.25) is 5.91 Å². The highest BCUT2D eigenvalue weighted by Crippen LogP contribution is 2.31. The zero-order valence-electron chi connectivity index (χ0n) is 16.0. The van der Waals surface area contributed by atoms with Gasteiger partial charge in [-0.25, -0.2) is 0 Å². The van der Waals surface area contributed by atoms with Gasteiger partial charge in [0.25, 0.3) is 0 Å². The zero-order chi connectivity index (χ0) is 18.4. The van der Waals surface area contributed by atoms with Crippen molar-refractivity contribution in [3.05, 3.63) is 18.5 Å². The standard InChI is InChI=1S/C20H32N4OS/c1-3-14-23-16(2)21-22-20(23)26-15-19(25)24(17-10-6-4-7-11-17)18-12-8-5-9-13-18/h3,17-18H,1,4-15H2,2H3. The number of nitrogens with zero attached hydrogens (tertiary/aromatic N) is 4. The van der Waals surface area contributed by atoms with E-state index < -0.39 is 0 Å². The van der Waals surface area contributed by atoms with E-state index >= 15 is 0 Å². The third-order valence-electron chi connectivity index (χ3n) is 5.76. The Morgan fingerprint density at radius 1 is 1.12 bits per heavy atom. The zero-order valence-corrected chi connectivity index (χ0v) is 16.8. The number of thioether (sulfide) groups is 1. The summed E-state index contributed by atoms with van der Waals surface area (Å²) in [4.78, 5) is 15.5. The van der Waals surface area contributed by atoms with E-state index in [0.29, 0.717) is 30.3 Å². The molecule has 2 aliphatic carbocycles. The van der Waals surface area contributed by atoms with Crippen molar-refractivity contribution in [2.45, 2.75) is 94.9 Å². The summed E-state index contributed by atoms with van der Waals surface area (Å²) in [6.45, 7) is 6.43. The average Bonchev–Trinajstić information content (AvgIpc) is 3.02. The highest BCUT2D eigenvalue weighted by molar-refractivity contribution is 7.99. The van der Waals surface area contributed by atoms with E-state index in [0.717, 1.165) is 11.0 Å². The topological polar surface area (TPSA) is 51.0 Å². The van der Waals surface area contributed by atoms with Crippen LogP contribution in [0, 0.1) is 6.92 Å². The fourth-order valence-electron chi connectivity index (χ4n) is 4.43. The Morgan fingerprint density at radius 3 is 2.23 bits per heavy atom. The molecular weight excluding hydrogens is 344 g/mol. The maximum absolute atomic E-state index is 13.2. The van der Waals surface area contributed by atoms with Crippen molar-refractivity contribution >= 4 is 17.7 Å². The van der Waals surface area contributed by atoms with E-state index in [2.05, 4.69) is 21.7 Å². The normalized spacial score (nSPS) is 19.4. The average molecular weight is 377 g/mol. The van der Waals surface area contributed by atoms with Gasteiger partial charge < -0.3 is 9.47 Å². The molecule has 5 nitrogen and oxygen atoms in total. The van der Waals surface area contributed by atoms with E-state index in [1.807, 2.05) is 17.6 Å². The summed E-state index contributed by atoms with van der Waals surface area (Å²) in [7, 11) is 0. The van der Waals surface area contributed by atoms with Gasteiger partial charge in [0.15, 0.2) is 5.16 Å². The Kier molecular flexibility index (Phi) is 7.17. The number of aromatic nitrogens is 3. The molecule has 1 amide bonds. The molecule has 2 fully saturated rings. The third-order valence-corrected chi connectivity index (χ3v) is 6.71. The molecule has 0 atom stereocenters. The molecule has 1 aromatic heterocycles. The van der Waals surface area contributed by atoms with Crippen LogP contribution < -0.4 is 0 Å². The lowest BCUT2D eigenvalue weighted by Crippen LogP contribution is -2.49. The van der Waals surface area contributed by atoms with E-state index in [9.17, 15) is 4.79 Å². The van der Waals surface area contributed by atoms with Crippen molar-refractivity contribution in [1.82, 2.24) is 19.7 Å². The lowest BCUT2D eigenvalue weighted by atomic mass is 9.88. The molecule has 0 aliphatic heterocycles. The van der Waals surface area contributed by atoms with E-state index in [-0.39, 0.29) is 0 Å². The minimum Gasteiger partial charge on any atom is -0.336 e. The van der Waals surface area contributed by atoms with Crippen molar-refractivity contribution in [2.24, 2.45) is 0 Å². The molecule has 0 N–H and O–H groups in total. The highest BCUT2D eigenvalue weighted by Gasteiger charge is 2.32. The van der Waals surface area contributed by atoms with E-state index in [4.69, 9.17) is 0 Å². The first-order valence-electron chi connectivity index (χ1n) is 10.2. The van der Waals surface area contributed by atoms with Crippen LogP contribution in [0.2, 0.25) is 0 Å². The van der Waals surface area contributed by atoms with Crippen LogP contribution in [0.4, 0.5) is 0 Å². The first kappa shape index (κ1) is 19.5. The molecular formula is C20H32N4OS. The van der Waals surface area contributed by atoms with Crippen LogP contribution in [0.5, 0.6) is 0 Å². The molecule has 0 radical (unpaired) electrons. The highest BCUT2D eigenvalue weighted by atomic mass is 32.2. The van der Waals surface area contributed by atoms with Gasteiger partial charge in [-0.15, -0.1) is 16.8 Å². The molecule has 0 saturated heterocycles. The van der Waals surface area contributed by atoms with Crippen LogP contribution in [0.1, 0.15) is 70.0 Å². The predicted octanol–water partition coefficient (Wildman–Crippen LogP) is 4.36. The summed E-state index contributed by atoms with van der Waals surface area (Å²) in [5.74, 6) is 1.62. The van der Waals surface area contributed by atoms with Crippen molar-refractivity contribution in [2.75, 3.05) is 5.75 Å². The summed E-state index contributed by atoms with van der Waals surface area (Å²) in [6, 6.07) is 0.903. The second-order valence-electron chi connectivity index (χ2n) is 7.60. The van der Waals surface area contributed by atoms with Gasteiger partial charge in [-0.1, -0.05) is 56.4 Å². The predicted molar refractivity (Wildman–Crippen MR) is 106 cm³/mol. The van der Waals surface area contributed by atoms with Crippen LogP contribution in [-0.2, 0) is 11.3 Å². The molecule has 1 heterocycles. The van der Waals surface area contributed by atoms with Crippen LogP contribution in [-0.4, -0.2) is 43.4 Å². The molecule has 3 rings (SSSR count). The van der Waals surface area contributed by atoms with Gasteiger partial charge in [0, 0.05) is 18.6 Å². The quantitative estimate of drug-likeness (QED) is 0.524. The molecule has 2 aliphatic rings. The Labute approximate surface area is 161 Å². The molecule has 6 heteroatoms. The molecule has 1 aromatic rings. The number of rotatable bonds is 7. The summed E-state index contributed by atoms with van der Waals surface area (Å²) in [6.07, 6.45) is 14.3. The van der Waals surface area contributed by atoms with Crippen molar-refractivity contribution < 1.29 is 4.79 Å². The Bertz CT molecular complexity index is 585. The first-order chi connectivity index (χ1) is 12.7. The first-order valence-corrected chi connectivity index (χ1v) is 11.1. The molecule has 0 spiro atoms. The van der Waals surface area contributed by atoms with Gasteiger partial charge in [0.1, 0.15) is 5.82 Å². The summed E-state index contributed by atoms with van der Waals surface area (Å²) < 4.78 is 2.02. The summed E-state index contributed by atoms with van der Waals surface area (Å²) in [5.41, 5.74) is 0. The van der Waals surface area contributed by atoms with Gasteiger partial charge in [-0.2, -0.15) is 0 Å². The van der Waals surface area contributed by atoms with Crippen molar-refractivity contribution in [3.8, 4) is 0 Å². The van der Waals surface area contributed by atoms with Gasteiger partial charge in [0.05, 0.1) is 5.75 Å². The number of aryl methyl sites for hydroxylation is 1. The molecule has 2 saturated carbocycles. The number of hydrogen-bond donors (Lipinski definition) is 0. The third kappa shape index (κ3) is 4.70. The molecule has 0 unspecified atom stereocenters. The maximum Gasteiger partial charge on any atom is 0.233 e. The SMILES string of the molecule is C=CCn1c(C)nnc1SCC(=O)N(C1CCCCC1)C1CCCCC1. The van der Waals surface area contributed by atoms with Crippen LogP contribution >= 0.6 is 11.8 Å². The minimum atomic E-state index is 0.291. The minimum absolute atomic E-state index is 0.291. The van der Waals surface area contributed by atoms with Crippen molar-refractivity contribution in [1.29, 1.82) is 0 Å². The fourth-order valence-corrected chi connectivity index (χ4v) is 5.29. The lowest BCUT2D eigenvalue weighted by molar-refractivity contribution is -0.135. The number of amides is 1. The number of allylic oxidation sites excluding steroid dienone is 1. The lowest BCUT2D eigenvalue weighted by Gasteiger charge is -2.41. The Balaban J connectivity index is 1.67. The molecule has 144 valence electrons. The number of carbonyl (C=O) groups excluding carboxylic acids is 1. The summed E-state index contributed by atoms with van der Waals surface area (Å²) >= 11 is 1.52. The molecule has 26 heavy (non-hydrogen) atoms. The molecule has 0 bridgehead atoms. The Hall–Kier alpha value is -1.30. The number of carbonyl (C=O) groups is 1. The van der Waals surface area contributed by atoms with Crippen LogP contribution in [0.15, 0.2) is 17.8 Å².